The van der Waals surface area contributed by atoms with Crippen LogP contribution in [0, 0.1) is 0 Å². The van der Waals surface area contributed by atoms with Gasteiger partial charge in [-0.1, -0.05) is 45.4 Å². The summed E-state index contributed by atoms with van der Waals surface area (Å²) in [5.41, 5.74) is 5.80. The Morgan fingerprint density at radius 1 is 1.24 bits per heavy atom. The molecule has 0 radical (unpaired) electrons. The predicted octanol–water partition coefficient (Wildman–Crippen LogP) is 2.76. The fraction of sp³-hybridized carbons (Fsp3) is 0.923. The summed E-state index contributed by atoms with van der Waals surface area (Å²) < 4.78 is 0. The van der Waals surface area contributed by atoms with Crippen LogP contribution in [0.2, 0.25) is 0 Å². The first-order chi connectivity index (χ1) is 7.74. The third-order valence-electron chi connectivity index (χ3n) is 3.39. The van der Waals surface area contributed by atoms with E-state index in [0.29, 0.717) is 6.04 Å². The zero-order valence-electron chi connectivity index (χ0n) is 10.9. The lowest BCUT2D eigenvalue weighted by Gasteiger charge is -2.22. The minimum absolute atomic E-state index is 0. The number of amides is 1. The van der Waals surface area contributed by atoms with Crippen molar-refractivity contribution in [2.24, 2.45) is 5.73 Å². The minimum Gasteiger partial charge on any atom is -0.352 e. The SMILES string of the molecule is CCCC(N)C(=O)NC1CCCCCCC1.Cl. The fourth-order valence-corrected chi connectivity index (χ4v) is 2.35. The number of carbonyl (C=O) groups excluding carboxylic acids is 1. The van der Waals surface area contributed by atoms with Gasteiger partial charge in [-0.05, 0) is 19.3 Å². The molecule has 1 fully saturated rings. The number of carbonyl (C=O) groups is 1. The molecule has 0 aliphatic heterocycles. The van der Waals surface area contributed by atoms with Crippen LogP contribution in [-0.4, -0.2) is 18.0 Å². The van der Waals surface area contributed by atoms with Crippen LogP contribution in [0.1, 0.15) is 64.7 Å². The normalized spacial score (nSPS) is 19.6. The molecular formula is C13H27ClN2O. The molecule has 4 heteroatoms. The van der Waals surface area contributed by atoms with E-state index in [4.69, 9.17) is 5.73 Å². The highest BCUT2D eigenvalue weighted by atomic mass is 35.5. The molecule has 1 rings (SSSR count). The molecule has 0 heterocycles. The van der Waals surface area contributed by atoms with E-state index >= 15 is 0 Å². The Bertz CT molecular complexity index is 204. The van der Waals surface area contributed by atoms with Gasteiger partial charge in [0.25, 0.3) is 0 Å². The summed E-state index contributed by atoms with van der Waals surface area (Å²) in [7, 11) is 0. The van der Waals surface area contributed by atoms with Crippen molar-refractivity contribution in [2.45, 2.75) is 76.8 Å². The number of nitrogens with one attached hydrogen (secondary N) is 1. The van der Waals surface area contributed by atoms with Crippen molar-refractivity contribution < 1.29 is 4.79 Å². The van der Waals surface area contributed by atoms with Crippen molar-refractivity contribution in [3.63, 3.8) is 0 Å². The second kappa shape index (κ2) is 9.72. The van der Waals surface area contributed by atoms with Gasteiger partial charge in [0.2, 0.25) is 5.91 Å². The van der Waals surface area contributed by atoms with E-state index in [1.54, 1.807) is 0 Å². The fourth-order valence-electron chi connectivity index (χ4n) is 2.35. The maximum atomic E-state index is 11.8. The average Bonchev–Trinajstić information content (AvgIpc) is 2.22. The Hall–Kier alpha value is -0.280. The number of rotatable bonds is 4. The number of hydrogen-bond donors (Lipinski definition) is 2. The smallest absolute Gasteiger partial charge is 0.237 e. The van der Waals surface area contributed by atoms with Crippen LogP contribution >= 0.6 is 12.4 Å². The first-order valence-electron chi connectivity index (χ1n) is 6.80. The van der Waals surface area contributed by atoms with Crippen molar-refractivity contribution in [2.75, 3.05) is 0 Å². The van der Waals surface area contributed by atoms with Crippen molar-refractivity contribution in [1.29, 1.82) is 0 Å². The van der Waals surface area contributed by atoms with Gasteiger partial charge >= 0.3 is 0 Å². The Labute approximate surface area is 111 Å². The first-order valence-corrected chi connectivity index (χ1v) is 6.80. The van der Waals surface area contributed by atoms with Crippen LogP contribution in [-0.2, 0) is 4.79 Å². The summed E-state index contributed by atoms with van der Waals surface area (Å²) >= 11 is 0. The molecule has 1 unspecified atom stereocenters. The molecular weight excluding hydrogens is 236 g/mol. The Morgan fingerprint density at radius 2 is 1.76 bits per heavy atom. The van der Waals surface area contributed by atoms with Crippen molar-refractivity contribution in [1.82, 2.24) is 5.32 Å². The van der Waals surface area contributed by atoms with Crippen LogP contribution in [0.5, 0.6) is 0 Å². The topological polar surface area (TPSA) is 55.1 Å². The molecule has 0 saturated heterocycles. The molecule has 1 saturated carbocycles. The maximum absolute atomic E-state index is 11.8. The Balaban J connectivity index is 0.00000256. The molecule has 1 aliphatic rings. The van der Waals surface area contributed by atoms with E-state index in [9.17, 15) is 4.79 Å². The van der Waals surface area contributed by atoms with Crippen molar-refractivity contribution >= 4 is 18.3 Å². The third-order valence-corrected chi connectivity index (χ3v) is 3.39. The molecule has 0 aromatic heterocycles. The van der Waals surface area contributed by atoms with E-state index in [1.807, 2.05) is 0 Å². The molecule has 0 aromatic carbocycles. The number of hydrogen-bond acceptors (Lipinski definition) is 2. The van der Waals surface area contributed by atoms with Crippen molar-refractivity contribution in [3.8, 4) is 0 Å². The standard InChI is InChI=1S/C13H26N2O.ClH/c1-2-8-12(14)13(16)15-11-9-6-4-3-5-7-10-11;/h11-12H,2-10,14H2,1H3,(H,15,16);1H. The quantitative estimate of drug-likeness (QED) is 0.819. The number of halogens is 1. The van der Waals surface area contributed by atoms with Crippen LogP contribution in [0.3, 0.4) is 0 Å². The van der Waals surface area contributed by atoms with Crippen LogP contribution in [0.15, 0.2) is 0 Å². The van der Waals surface area contributed by atoms with Crippen LogP contribution < -0.4 is 11.1 Å². The average molecular weight is 263 g/mol. The second-order valence-corrected chi connectivity index (χ2v) is 4.95. The monoisotopic (exact) mass is 262 g/mol. The van der Waals surface area contributed by atoms with Gasteiger partial charge in [0, 0.05) is 6.04 Å². The molecule has 1 aliphatic carbocycles. The van der Waals surface area contributed by atoms with E-state index < -0.39 is 0 Å². The van der Waals surface area contributed by atoms with E-state index in [0.717, 1.165) is 25.7 Å². The van der Waals surface area contributed by atoms with Crippen molar-refractivity contribution in [3.05, 3.63) is 0 Å². The summed E-state index contributed by atoms with van der Waals surface area (Å²) in [4.78, 5) is 11.8. The highest BCUT2D eigenvalue weighted by Crippen LogP contribution is 2.17. The summed E-state index contributed by atoms with van der Waals surface area (Å²) in [6.07, 6.45) is 10.5. The zero-order chi connectivity index (χ0) is 11.8. The lowest BCUT2D eigenvalue weighted by molar-refractivity contribution is -0.123. The van der Waals surface area contributed by atoms with Gasteiger partial charge in [0.1, 0.15) is 0 Å². The van der Waals surface area contributed by atoms with Gasteiger partial charge in [0.15, 0.2) is 0 Å². The molecule has 102 valence electrons. The molecule has 1 atom stereocenters. The van der Waals surface area contributed by atoms with Gasteiger partial charge in [-0.3, -0.25) is 4.79 Å². The lowest BCUT2D eigenvalue weighted by Crippen LogP contribution is -2.45. The molecule has 0 bridgehead atoms. The van der Waals surface area contributed by atoms with E-state index in [-0.39, 0.29) is 24.4 Å². The molecule has 3 nitrogen and oxygen atoms in total. The predicted molar refractivity (Wildman–Crippen MR) is 74.4 cm³/mol. The Morgan fingerprint density at radius 3 is 2.29 bits per heavy atom. The molecule has 1 amide bonds. The first kappa shape index (κ1) is 16.7. The summed E-state index contributed by atoms with van der Waals surface area (Å²) in [6, 6.07) is 0.0612. The van der Waals surface area contributed by atoms with Crippen LogP contribution in [0.4, 0.5) is 0 Å². The summed E-state index contributed by atoms with van der Waals surface area (Å²) in [5.74, 6) is 0.0485. The highest BCUT2D eigenvalue weighted by Gasteiger charge is 2.17. The largest absolute Gasteiger partial charge is 0.352 e. The minimum atomic E-state index is -0.310. The van der Waals surface area contributed by atoms with E-state index in [2.05, 4.69) is 12.2 Å². The van der Waals surface area contributed by atoms with Crippen LogP contribution in [0.25, 0.3) is 0 Å². The van der Waals surface area contributed by atoms with Gasteiger partial charge in [-0.15, -0.1) is 12.4 Å². The zero-order valence-corrected chi connectivity index (χ0v) is 11.7. The van der Waals surface area contributed by atoms with Gasteiger partial charge < -0.3 is 11.1 Å². The third kappa shape index (κ3) is 6.89. The molecule has 0 aromatic rings. The lowest BCUT2D eigenvalue weighted by atomic mass is 9.96. The summed E-state index contributed by atoms with van der Waals surface area (Å²) in [5, 5.41) is 3.11. The van der Waals surface area contributed by atoms with Gasteiger partial charge in [-0.25, -0.2) is 0 Å². The summed E-state index contributed by atoms with van der Waals surface area (Å²) in [6.45, 7) is 2.06. The second-order valence-electron chi connectivity index (χ2n) is 4.95. The molecule has 0 spiro atoms. The Kier molecular flexibility index (Phi) is 9.56. The van der Waals surface area contributed by atoms with Gasteiger partial charge in [-0.2, -0.15) is 0 Å². The maximum Gasteiger partial charge on any atom is 0.237 e. The molecule has 3 N–H and O–H groups in total. The number of nitrogens with two attached hydrogens (primary N) is 1. The van der Waals surface area contributed by atoms with E-state index in [1.165, 1.54) is 32.1 Å². The highest BCUT2D eigenvalue weighted by molar-refractivity contribution is 5.85. The molecule has 17 heavy (non-hydrogen) atoms. The van der Waals surface area contributed by atoms with Gasteiger partial charge in [0.05, 0.1) is 6.04 Å².